The minimum atomic E-state index is -1.26. The van der Waals surface area contributed by atoms with Gasteiger partial charge in [0.15, 0.2) is 0 Å². The Balaban J connectivity index is 1.56. The number of nitrogens with zero attached hydrogens (tertiary/aromatic N) is 7. The first-order chi connectivity index (χ1) is 20.1. The lowest BCUT2D eigenvalue weighted by atomic mass is 9.84. The molecule has 0 saturated heterocycles. The van der Waals surface area contributed by atoms with Crippen molar-refractivity contribution in [3.05, 3.63) is 46.2 Å². The van der Waals surface area contributed by atoms with Crippen LogP contribution in [0.4, 0.5) is 0 Å². The minimum absolute atomic E-state index is 0.0468. The monoisotopic (exact) mass is 603 g/mol. The number of imidazole rings is 1. The summed E-state index contributed by atoms with van der Waals surface area (Å²) in [5, 5.41) is 16.1. The summed E-state index contributed by atoms with van der Waals surface area (Å²) >= 11 is 7.26. The molecule has 1 aliphatic carbocycles. The quantitative estimate of drug-likeness (QED) is 0.143. The predicted octanol–water partition coefficient (Wildman–Crippen LogP) is 6.85. The predicted molar refractivity (Wildman–Crippen MR) is 171 cm³/mol. The zero-order valence-electron chi connectivity index (χ0n) is 25.0. The largest absolute Gasteiger partial charge is 0.361 e. The maximum atomic E-state index is 13.8. The lowest BCUT2D eigenvalue weighted by molar-refractivity contribution is 0.0901. The molecule has 6 rings (SSSR count). The van der Waals surface area contributed by atoms with Gasteiger partial charge >= 0.3 is 5.69 Å². The van der Waals surface area contributed by atoms with Crippen molar-refractivity contribution in [1.29, 1.82) is 5.26 Å². The zero-order chi connectivity index (χ0) is 29.8. The molecule has 0 atom stereocenters. The summed E-state index contributed by atoms with van der Waals surface area (Å²) in [5.74, 6) is 0.393. The van der Waals surface area contributed by atoms with Crippen LogP contribution in [0.5, 0.6) is 0 Å². The highest BCUT2D eigenvalue weighted by molar-refractivity contribution is 6.76. The van der Waals surface area contributed by atoms with Crippen molar-refractivity contribution in [2.45, 2.75) is 70.6 Å². The van der Waals surface area contributed by atoms with Gasteiger partial charge in [-0.1, -0.05) is 37.3 Å². The number of aromatic nitrogens is 6. The van der Waals surface area contributed by atoms with Crippen molar-refractivity contribution in [1.82, 2.24) is 28.5 Å². The SMILES string of the molecule is Cn1ncc2cc(-c3c(Cl)n(COCC[Si](C)(C)C)c4ncc5c(c34)n([C@H]3CC[C@@H](CC#N)CC3)c(=O)n5C)ccc21. The van der Waals surface area contributed by atoms with Crippen LogP contribution in [0, 0.1) is 17.2 Å². The van der Waals surface area contributed by atoms with Crippen LogP contribution in [0.25, 0.3) is 44.1 Å². The van der Waals surface area contributed by atoms with Crippen LogP contribution < -0.4 is 5.69 Å². The molecule has 0 radical (unpaired) electrons. The molecule has 11 heteroatoms. The standard InChI is InChI=1S/C31H38ClN7O2Si/c1-36-25-18-34-30-27(28(25)39(31(36)40)23-9-6-20(7-10-23)12-13-33)26(21-8-11-24-22(16-21)17-35-37(24)2)29(32)38(30)19-41-14-15-42(3,4)5/h8,11,16-18,20,23H,6-7,9-10,12,14-15,19H2,1-5H3/t20-,23+. The number of fused-ring (bicyclic) bond motifs is 4. The van der Waals surface area contributed by atoms with Crippen molar-refractivity contribution < 1.29 is 4.74 Å². The van der Waals surface area contributed by atoms with E-state index in [4.69, 9.17) is 21.3 Å². The van der Waals surface area contributed by atoms with Crippen LogP contribution >= 0.6 is 11.6 Å². The smallest absolute Gasteiger partial charge is 0.329 e. The van der Waals surface area contributed by atoms with Gasteiger partial charge in [-0.15, -0.1) is 0 Å². The highest BCUT2D eigenvalue weighted by Gasteiger charge is 2.30. The Morgan fingerprint density at radius 1 is 1.12 bits per heavy atom. The van der Waals surface area contributed by atoms with E-state index in [0.29, 0.717) is 29.7 Å². The second kappa shape index (κ2) is 11.0. The number of halogens is 1. The molecule has 1 saturated carbocycles. The van der Waals surface area contributed by atoms with Crippen molar-refractivity contribution in [3.8, 4) is 17.2 Å². The van der Waals surface area contributed by atoms with Crippen LogP contribution in [0.3, 0.4) is 0 Å². The second-order valence-corrected chi connectivity index (χ2v) is 18.9. The average Bonchev–Trinajstić information content (AvgIpc) is 3.55. The third-order valence-electron chi connectivity index (χ3n) is 8.87. The number of hydrogen-bond donors (Lipinski definition) is 0. The summed E-state index contributed by atoms with van der Waals surface area (Å²) in [6.07, 6.45) is 7.82. The van der Waals surface area contributed by atoms with Gasteiger partial charge in [-0.25, -0.2) is 9.78 Å². The first kappa shape index (κ1) is 28.7. The van der Waals surface area contributed by atoms with E-state index in [0.717, 1.165) is 70.2 Å². The summed E-state index contributed by atoms with van der Waals surface area (Å²) in [7, 11) is 2.49. The Morgan fingerprint density at radius 2 is 1.88 bits per heavy atom. The van der Waals surface area contributed by atoms with Gasteiger partial charge in [0.05, 0.1) is 40.4 Å². The van der Waals surface area contributed by atoms with Crippen molar-refractivity contribution in [3.63, 3.8) is 0 Å². The summed E-state index contributed by atoms with van der Waals surface area (Å²) in [6, 6.07) is 9.66. The van der Waals surface area contributed by atoms with Crippen molar-refractivity contribution >= 4 is 52.6 Å². The normalized spacial score (nSPS) is 17.9. The molecule has 0 aliphatic heterocycles. The van der Waals surface area contributed by atoms with Crippen LogP contribution in [-0.4, -0.2) is 43.1 Å². The van der Waals surface area contributed by atoms with Crippen LogP contribution in [0.15, 0.2) is 35.4 Å². The molecule has 4 heterocycles. The summed E-state index contributed by atoms with van der Waals surface area (Å²) in [6.45, 7) is 7.95. The Bertz CT molecular complexity index is 1890. The van der Waals surface area contributed by atoms with Gasteiger partial charge in [-0.3, -0.25) is 18.4 Å². The Hall–Kier alpha value is -3.39. The first-order valence-corrected chi connectivity index (χ1v) is 18.8. The van der Waals surface area contributed by atoms with Crippen LogP contribution in [0.1, 0.15) is 38.1 Å². The third-order valence-corrected chi connectivity index (χ3v) is 11.0. The molecule has 0 N–H and O–H groups in total. The maximum absolute atomic E-state index is 13.8. The molecule has 42 heavy (non-hydrogen) atoms. The van der Waals surface area contributed by atoms with E-state index in [1.165, 1.54) is 0 Å². The topological polar surface area (TPSA) is 95.6 Å². The fraction of sp³-hybridized carbons (Fsp3) is 0.484. The number of pyridine rings is 1. The Kier molecular flexibility index (Phi) is 7.54. The first-order valence-electron chi connectivity index (χ1n) is 14.7. The number of rotatable bonds is 8. The maximum Gasteiger partial charge on any atom is 0.329 e. The molecule has 0 unspecified atom stereocenters. The van der Waals surface area contributed by atoms with Crippen molar-refractivity contribution in [2.24, 2.45) is 20.0 Å². The van der Waals surface area contributed by atoms with Crippen molar-refractivity contribution in [2.75, 3.05) is 6.61 Å². The summed E-state index contributed by atoms with van der Waals surface area (Å²) < 4.78 is 13.7. The lowest BCUT2D eigenvalue weighted by Crippen LogP contribution is -2.28. The number of ether oxygens (including phenoxy) is 1. The van der Waals surface area contributed by atoms with E-state index >= 15 is 0 Å². The third kappa shape index (κ3) is 4.97. The lowest BCUT2D eigenvalue weighted by Gasteiger charge is -2.28. The second-order valence-electron chi connectivity index (χ2n) is 12.9. The van der Waals surface area contributed by atoms with E-state index in [1.807, 2.05) is 34.1 Å². The van der Waals surface area contributed by atoms with Gasteiger partial charge in [0.1, 0.15) is 17.5 Å². The minimum Gasteiger partial charge on any atom is -0.361 e. The molecular formula is C31H38ClN7O2Si. The van der Waals surface area contributed by atoms with E-state index in [1.54, 1.807) is 10.8 Å². The Labute approximate surface area is 251 Å². The molecular weight excluding hydrogens is 566 g/mol. The van der Waals surface area contributed by atoms with E-state index in [2.05, 4.69) is 49.0 Å². The van der Waals surface area contributed by atoms with Gasteiger partial charge in [0, 0.05) is 52.2 Å². The van der Waals surface area contributed by atoms with Crippen LogP contribution in [0.2, 0.25) is 30.8 Å². The molecule has 1 aromatic carbocycles. The van der Waals surface area contributed by atoms with E-state index < -0.39 is 8.07 Å². The summed E-state index contributed by atoms with van der Waals surface area (Å²) in [4.78, 5) is 18.7. The molecule has 1 aliphatic rings. The average molecular weight is 604 g/mol. The van der Waals surface area contributed by atoms with Gasteiger partial charge in [0.2, 0.25) is 0 Å². The zero-order valence-corrected chi connectivity index (χ0v) is 26.8. The molecule has 0 amide bonds. The van der Waals surface area contributed by atoms with Crippen LogP contribution in [-0.2, 0) is 25.6 Å². The molecule has 1 fully saturated rings. The fourth-order valence-corrected chi connectivity index (χ4v) is 7.50. The molecule has 5 aromatic rings. The number of benzene rings is 1. The number of aryl methyl sites for hydroxylation is 2. The van der Waals surface area contributed by atoms with E-state index in [9.17, 15) is 10.1 Å². The molecule has 4 aromatic heterocycles. The highest BCUT2D eigenvalue weighted by Crippen LogP contribution is 2.43. The van der Waals surface area contributed by atoms with Gasteiger partial charge in [-0.2, -0.15) is 10.4 Å². The van der Waals surface area contributed by atoms with E-state index in [-0.39, 0.29) is 18.5 Å². The van der Waals surface area contributed by atoms with Gasteiger partial charge in [-0.05, 0) is 55.3 Å². The van der Waals surface area contributed by atoms with Gasteiger partial charge in [0.25, 0.3) is 0 Å². The van der Waals surface area contributed by atoms with Gasteiger partial charge < -0.3 is 4.74 Å². The Morgan fingerprint density at radius 3 is 2.60 bits per heavy atom. The molecule has 9 nitrogen and oxygen atoms in total. The number of hydrogen-bond acceptors (Lipinski definition) is 5. The molecule has 0 spiro atoms. The number of nitriles is 1. The summed E-state index contributed by atoms with van der Waals surface area (Å²) in [5.41, 5.74) is 5.13. The molecule has 0 bridgehead atoms. The fourth-order valence-electron chi connectivity index (χ4n) is 6.41. The highest BCUT2D eigenvalue weighted by atomic mass is 35.5. The molecule has 220 valence electrons.